The molecule has 1 aromatic heterocycles. The Hall–Kier alpha value is -2.86. The Bertz CT molecular complexity index is 875. The molecular weight excluding hydrogens is 382 g/mol. The first kappa shape index (κ1) is 17.0. The molecule has 0 saturated carbocycles. The smallest absolute Gasteiger partial charge is 0.277 e. The van der Waals surface area contributed by atoms with Crippen LogP contribution in [0.2, 0.25) is 0 Å². The van der Waals surface area contributed by atoms with Gasteiger partial charge in [0, 0.05) is 28.1 Å². The number of hydrogen-bond acceptors (Lipinski definition) is 3. The SMILES string of the molecule is O=C(COc1cccc(Br)c1)N/N=C/c1ccn(-c2ccccc2)c1. The predicted molar refractivity (Wildman–Crippen MR) is 101 cm³/mol. The number of halogens is 1. The molecular formula is C19H16BrN3O2. The highest BCUT2D eigenvalue weighted by atomic mass is 79.9. The van der Waals surface area contributed by atoms with Crippen molar-refractivity contribution in [1.29, 1.82) is 0 Å². The molecule has 0 aliphatic carbocycles. The van der Waals surface area contributed by atoms with Gasteiger partial charge in [0.05, 0.1) is 6.21 Å². The van der Waals surface area contributed by atoms with E-state index in [2.05, 4.69) is 26.5 Å². The van der Waals surface area contributed by atoms with Crippen LogP contribution in [0.25, 0.3) is 5.69 Å². The van der Waals surface area contributed by atoms with E-state index in [1.165, 1.54) is 0 Å². The van der Waals surface area contributed by atoms with E-state index in [4.69, 9.17) is 4.74 Å². The summed E-state index contributed by atoms with van der Waals surface area (Å²) in [4.78, 5) is 11.8. The molecule has 0 radical (unpaired) electrons. The molecule has 1 heterocycles. The number of para-hydroxylation sites is 1. The third-order valence-electron chi connectivity index (χ3n) is 3.34. The molecule has 0 fully saturated rings. The van der Waals surface area contributed by atoms with Crippen LogP contribution in [0, 0.1) is 0 Å². The van der Waals surface area contributed by atoms with Crippen molar-refractivity contribution in [1.82, 2.24) is 9.99 Å². The van der Waals surface area contributed by atoms with E-state index in [1.807, 2.05) is 65.5 Å². The highest BCUT2D eigenvalue weighted by Gasteiger charge is 2.02. The van der Waals surface area contributed by atoms with Gasteiger partial charge >= 0.3 is 0 Å². The molecule has 3 rings (SSSR count). The van der Waals surface area contributed by atoms with Crippen LogP contribution >= 0.6 is 15.9 Å². The number of aromatic nitrogens is 1. The molecule has 5 nitrogen and oxygen atoms in total. The first-order chi connectivity index (χ1) is 12.2. The van der Waals surface area contributed by atoms with Crippen molar-refractivity contribution < 1.29 is 9.53 Å². The lowest BCUT2D eigenvalue weighted by Gasteiger charge is -2.04. The third kappa shape index (κ3) is 5.06. The fraction of sp³-hybridized carbons (Fsp3) is 0.0526. The second-order valence-corrected chi connectivity index (χ2v) is 6.14. The average Bonchev–Trinajstić information content (AvgIpc) is 3.10. The first-order valence-corrected chi connectivity index (χ1v) is 8.44. The number of hydrogen-bond donors (Lipinski definition) is 1. The molecule has 0 aliphatic rings. The Morgan fingerprint density at radius 1 is 1.16 bits per heavy atom. The van der Waals surface area contributed by atoms with Gasteiger partial charge in [0.15, 0.2) is 6.61 Å². The molecule has 0 saturated heterocycles. The normalized spacial score (nSPS) is 10.8. The van der Waals surface area contributed by atoms with Crippen LogP contribution in [0.3, 0.4) is 0 Å². The van der Waals surface area contributed by atoms with Gasteiger partial charge in [-0.2, -0.15) is 5.10 Å². The van der Waals surface area contributed by atoms with Crippen molar-refractivity contribution in [2.45, 2.75) is 0 Å². The Kier molecular flexibility index (Phi) is 5.64. The summed E-state index contributed by atoms with van der Waals surface area (Å²) in [5.74, 6) is 0.298. The third-order valence-corrected chi connectivity index (χ3v) is 3.83. The highest BCUT2D eigenvalue weighted by molar-refractivity contribution is 9.10. The van der Waals surface area contributed by atoms with E-state index in [1.54, 1.807) is 18.3 Å². The van der Waals surface area contributed by atoms with E-state index in [0.29, 0.717) is 5.75 Å². The van der Waals surface area contributed by atoms with Crippen molar-refractivity contribution >= 4 is 28.1 Å². The van der Waals surface area contributed by atoms with Gasteiger partial charge in [-0.05, 0) is 36.4 Å². The summed E-state index contributed by atoms with van der Waals surface area (Å²) in [6, 6.07) is 19.2. The number of amides is 1. The number of nitrogens with one attached hydrogen (secondary N) is 1. The predicted octanol–water partition coefficient (Wildman–Crippen LogP) is 3.77. The van der Waals surface area contributed by atoms with Gasteiger partial charge in [0.25, 0.3) is 5.91 Å². The van der Waals surface area contributed by atoms with Crippen molar-refractivity contribution in [3.05, 3.63) is 83.1 Å². The summed E-state index contributed by atoms with van der Waals surface area (Å²) < 4.78 is 8.27. The van der Waals surface area contributed by atoms with Crippen LogP contribution in [0.15, 0.2) is 82.6 Å². The maximum absolute atomic E-state index is 11.8. The molecule has 0 atom stereocenters. The van der Waals surface area contributed by atoms with E-state index in [0.717, 1.165) is 15.7 Å². The summed E-state index contributed by atoms with van der Waals surface area (Å²) in [5, 5.41) is 3.95. The van der Waals surface area contributed by atoms with Crippen LogP contribution in [0.4, 0.5) is 0 Å². The van der Waals surface area contributed by atoms with Crippen molar-refractivity contribution in [3.63, 3.8) is 0 Å². The zero-order valence-electron chi connectivity index (χ0n) is 13.3. The number of nitrogens with zero attached hydrogens (tertiary/aromatic N) is 2. The summed E-state index contributed by atoms with van der Waals surface area (Å²) in [6.07, 6.45) is 5.47. The first-order valence-electron chi connectivity index (χ1n) is 7.64. The van der Waals surface area contributed by atoms with Gasteiger partial charge in [-0.1, -0.05) is 40.2 Å². The number of benzene rings is 2. The van der Waals surface area contributed by atoms with Crippen LogP contribution in [0.1, 0.15) is 5.56 Å². The standard InChI is InChI=1S/C19H16BrN3O2/c20-16-5-4-8-18(11-16)25-14-19(24)22-21-12-15-9-10-23(13-15)17-6-2-1-3-7-17/h1-13H,14H2,(H,22,24)/b21-12+. The Balaban J connectivity index is 1.49. The lowest BCUT2D eigenvalue weighted by molar-refractivity contribution is -0.123. The van der Waals surface area contributed by atoms with Crippen LogP contribution < -0.4 is 10.2 Å². The van der Waals surface area contributed by atoms with Gasteiger partial charge in [-0.15, -0.1) is 0 Å². The minimum absolute atomic E-state index is 0.0984. The number of carbonyl (C=O) groups is 1. The van der Waals surface area contributed by atoms with Crippen molar-refractivity contribution in [2.75, 3.05) is 6.61 Å². The van der Waals surface area contributed by atoms with Crippen LogP contribution in [-0.2, 0) is 4.79 Å². The minimum Gasteiger partial charge on any atom is -0.484 e. The Morgan fingerprint density at radius 3 is 2.80 bits per heavy atom. The van der Waals surface area contributed by atoms with Gasteiger partial charge in [-0.3, -0.25) is 4.79 Å². The molecule has 126 valence electrons. The summed E-state index contributed by atoms with van der Waals surface area (Å²) in [5.41, 5.74) is 4.40. The molecule has 6 heteroatoms. The molecule has 1 amide bonds. The molecule has 3 aromatic rings. The van der Waals surface area contributed by atoms with Crippen molar-refractivity contribution in [2.24, 2.45) is 5.10 Å². The second kappa shape index (κ2) is 8.30. The molecule has 0 aliphatic heterocycles. The van der Waals surface area contributed by atoms with E-state index >= 15 is 0 Å². The molecule has 0 unspecified atom stereocenters. The Morgan fingerprint density at radius 2 is 2.00 bits per heavy atom. The maximum Gasteiger partial charge on any atom is 0.277 e. The van der Waals surface area contributed by atoms with Crippen LogP contribution in [0.5, 0.6) is 5.75 Å². The lowest BCUT2D eigenvalue weighted by Crippen LogP contribution is -2.24. The van der Waals surface area contributed by atoms with E-state index < -0.39 is 0 Å². The molecule has 0 bridgehead atoms. The molecule has 2 aromatic carbocycles. The van der Waals surface area contributed by atoms with E-state index in [-0.39, 0.29) is 12.5 Å². The number of carbonyl (C=O) groups excluding carboxylic acids is 1. The fourth-order valence-electron chi connectivity index (χ4n) is 2.17. The summed E-state index contributed by atoms with van der Waals surface area (Å²) in [7, 11) is 0. The summed E-state index contributed by atoms with van der Waals surface area (Å²) in [6.45, 7) is -0.0984. The monoisotopic (exact) mass is 397 g/mol. The largest absolute Gasteiger partial charge is 0.484 e. The van der Waals surface area contributed by atoms with Gasteiger partial charge < -0.3 is 9.30 Å². The zero-order chi connectivity index (χ0) is 17.5. The zero-order valence-corrected chi connectivity index (χ0v) is 14.9. The minimum atomic E-state index is -0.321. The highest BCUT2D eigenvalue weighted by Crippen LogP contribution is 2.17. The second-order valence-electron chi connectivity index (χ2n) is 5.23. The molecule has 25 heavy (non-hydrogen) atoms. The van der Waals surface area contributed by atoms with Gasteiger partial charge in [0.1, 0.15) is 5.75 Å². The van der Waals surface area contributed by atoms with Crippen molar-refractivity contribution in [3.8, 4) is 11.4 Å². The maximum atomic E-state index is 11.8. The number of rotatable bonds is 6. The number of hydrazone groups is 1. The fourth-order valence-corrected chi connectivity index (χ4v) is 2.55. The topological polar surface area (TPSA) is 55.6 Å². The van der Waals surface area contributed by atoms with E-state index in [9.17, 15) is 4.79 Å². The molecule has 1 N–H and O–H groups in total. The lowest BCUT2D eigenvalue weighted by atomic mass is 10.3. The summed E-state index contributed by atoms with van der Waals surface area (Å²) >= 11 is 3.35. The average molecular weight is 398 g/mol. The number of ether oxygens (including phenoxy) is 1. The molecule has 0 spiro atoms. The quantitative estimate of drug-likeness (QED) is 0.508. The Labute approximate surface area is 154 Å². The van der Waals surface area contributed by atoms with Crippen LogP contribution in [-0.4, -0.2) is 23.3 Å². The van der Waals surface area contributed by atoms with Gasteiger partial charge in [-0.25, -0.2) is 5.43 Å². The van der Waals surface area contributed by atoms with Gasteiger partial charge in [0.2, 0.25) is 0 Å².